The van der Waals surface area contributed by atoms with Gasteiger partial charge in [0.25, 0.3) is 0 Å². The quantitative estimate of drug-likeness (QED) is 0.687. The second-order valence-electron chi connectivity index (χ2n) is 4.94. The van der Waals surface area contributed by atoms with Crippen LogP contribution in [0.2, 0.25) is 0 Å². The van der Waals surface area contributed by atoms with Gasteiger partial charge in [0.1, 0.15) is 0 Å². The molecule has 2 unspecified atom stereocenters. The summed E-state index contributed by atoms with van der Waals surface area (Å²) < 4.78 is 5.32. The molecule has 1 aliphatic rings. The predicted octanol–water partition coefficient (Wildman–Crippen LogP) is 1.79. The van der Waals surface area contributed by atoms with Crippen LogP contribution in [0.4, 0.5) is 0 Å². The van der Waals surface area contributed by atoms with Crippen molar-refractivity contribution in [1.82, 2.24) is 0 Å². The van der Waals surface area contributed by atoms with Gasteiger partial charge in [0, 0.05) is 19.3 Å². The first-order valence-electron chi connectivity index (χ1n) is 4.83. The van der Waals surface area contributed by atoms with Gasteiger partial charge >= 0.3 is 0 Å². The Morgan fingerprint density at radius 2 is 2.17 bits per heavy atom. The number of ether oxygens (including phenoxy) is 1. The van der Waals surface area contributed by atoms with Crippen LogP contribution < -0.4 is 5.73 Å². The molecule has 0 aromatic carbocycles. The maximum atomic E-state index is 6.08. The van der Waals surface area contributed by atoms with Gasteiger partial charge in [-0.3, -0.25) is 0 Å². The molecular weight excluding hydrogens is 150 g/mol. The van der Waals surface area contributed by atoms with Crippen LogP contribution in [0.5, 0.6) is 0 Å². The van der Waals surface area contributed by atoms with Crippen molar-refractivity contribution >= 4 is 0 Å². The Kier molecular flexibility index (Phi) is 3.13. The molecule has 2 heteroatoms. The molecular formula is C10H21NO. The Balaban J connectivity index is 2.30. The SMILES string of the molecule is CC(C)(C)C(N)CC1CCOC1. The molecule has 0 amide bonds. The normalized spacial score (nSPS) is 27.5. The number of nitrogens with two attached hydrogens (primary N) is 1. The summed E-state index contributed by atoms with van der Waals surface area (Å²) in [5, 5.41) is 0. The predicted molar refractivity (Wildman–Crippen MR) is 51.0 cm³/mol. The molecule has 2 N–H and O–H groups in total. The molecule has 1 heterocycles. The Morgan fingerprint density at radius 3 is 2.58 bits per heavy atom. The maximum Gasteiger partial charge on any atom is 0.0495 e. The fourth-order valence-corrected chi connectivity index (χ4v) is 1.48. The monoisotopic (exact) mass is 171 g/mol. The topological polar surface area (TPSA) is 35.2 Å². The highest BCUT2D eigenvalue weighted by molar-refractivity contribution is 4.80. The molecule has 0 radical (unpaired) electrons. The van der Waals surface area contributed by atoms with Crippen molar-refractivity contribution in [3.63, 3.8) is 0 Å². The van der Waals surface area contributed by atoms with E-state index in [1.165, 1.54) is 6.42 Å². The van der Waals surface area contributed by atoms with E-state index in [9.17, 15) is 0 Å². The molecule has 0 bridgehead atoms. The minimum absolute atomic E-state index is 0.239. The fraction of sp³-hybridized carbons (Fsp3) is 1.00. The molecule has 72 valence electrons. The van der Waals surface area contributed by atoms with E-state index < -0.39 is 0 Å². The lowest BCUT2D eigenvalue weighted by atomic mass is 9.82. The van der Waals surface area contributed by atoms with E-state index in [0.29, 0.717) is 12.0 Å². The second kappa shape index (κ2) is 3.75. The van der Waals surface area contributed by atoms with Crippen LogP contribution in [0.1, 0.15) is 33.6 Å². The smallest absolute Gasteiger partial charge is 0.0495 e. The van der Waals surface area contributed by atoms with Crippen LogP contribution in [0.15, 0.2) is 0 Å². The van der Waals surface area contributed by atoms with Crippen molar-refractivity contribution in [3.8, 4) is 0 Å². The molecule has 0 spiro atoms. The van der Waals surface area contributed by atoms with Gasteiger partial charge < -0.3 is 10.5 Å². The summed E-state index contributed by atoms with van der Waals surface area (Å²) in [5.41, 5.74) is 6.31. The number of rotatable bonds is 2. The summed E-state index contributed by atoms with van der Waals surface area (Å²) in [5.74, 6) is 0.708. The van der Waals surface area contributed by atoms with Crippen molar-refractivity contribution < 1.29 is 4.74 Å². The van der Waals surface area contributed by atoms with E-state index in [-0.39, 0.29) is 5.41 Å². The van der Waals surface area contributed by atoms with Crippen molar-refractivity contribution in [3.05, 3.63) is 0 Å². The van der Waals surface area contributed by atoms with Crippen molar-refractivity contribution in [2.45, 2.75) is 39.7 Å². The molecule has 1 aliphatic heterocycles. The third kappa shape index (κ3) is 2.76. The van der Waals surface area contributed by atoms with Crippen LogP contribution in [-0.2, 0) is 4.74 Å². The van der Waals surface area contributed by atoms with E-state index in [1.54, 1.807) is 0 Å². The van der Waals surface area contributed by atoms with Gasteiger partial charge in [-0.1, -0.05) is 20.8 Å². The fourth-order valence-electron chi connectivity index (χ4n) is 1.48. The minimum Gasteiger partial charge on any atom is -0.381 e. The largest absolute Gasteiger partial charge is 0.381 e. The first kappa shape index (κ1) is 10.0. The lowest BCUT2D eigenvalue weighted by Crippen LogP contribution is -2.36. The van der Waals surface area contributed by atoms with Crippen LogP contribution in [-0.4, -0.2) is 19.3 Å². The Labute approximate surface area is 75.5 Å². The first-order chi connectivity index (χ1) is 5.50. The molecule has 1 fully saturated rings. The third-order valence-corrected chi connectivity index (χ3v) is 2.72. The Bertz CT molecular complexity index is 133. The summed E-state index contributed by atoms with van der Waals surface area (Å²) >= 11 is 0. The molecule has 2 nitrogen and oxygen atoms in total. The van der Waals surface area contributed by atoms with Crippen molar-refractivity contribution in [2.24, 2.45) is 17.1 Å². The average molecular weight is 171 g/mol. The highest BCUT2D eigenvalue weighted by atomic mass is 16.5. The average Bonchev–Trinajstić information content (AvgIpc) is 2.37. The lowest BCUT2D eigenvalue weighted by Gasteiger charge is -2.28. The summed E-state index contributed by atoms with van der Waals surface area (Å²) in [4.78, 5) is 0. The zero-order valence-electron chi connectivity index (χ0n) is 8.47. The zero-order valence-corrected chi connectivity index (χ0v) is 8.47. The van der Waals surface area contributed by atoms with Crippen LogP contribution in [0, 0.1) is 11.3 Å². The molecule has 0 aliphatic carbocycles. The van der Waals surface area contributed by atoms with Crippen LogP contribution in [0.25, 0.3) is 0 Å². The van der Waals surface area contributed by atoms with Gasteiger partial charge in [0.15, 0.2) is 0 Å². The van der Waals surface area contributed by atoms with Gasteiger partial charge in [-0.15, -0.1) is 0 Å². The third-order valence-electron chi connectivity index (χ3n) is 2.72. The molecule has 2 atom stereocenters. The highest BCUT2D eigenvalue weighted by Gasteiger charge is 2.25. The first-order valence-corrected chi connectivity index (χ1v) is 4.83. The second-order valence-corrected chi connectivity index (χ2v) is 4.94. The van der Waals surface area contributed by atoms with Crippen LogP contribution >= 0.6 is 0 Å². The summed E-state index contributed by atoms with van der Waals surface area (Å²) in [6, 6.07) is 0.309. The Morgan fingerprint density at radius 1 is 1.50 bits per heavy atom. The van der Waals surface area contributed by atoms with Gasteiger partial charge in [-0.2, -0.15) is 0 Å². The number of hydrogen-bond donors (Lipinski definition) is 1. The van der Waals surface area contributed by atoms with E-state index >= 15 is 0 Å². The van der Waals surface area contributed by atoms with E-state index in [2.05, 4.69) is 20.8 Å². The molecule has 0 aromatic heterocycles. The molecule has 0 saturated carbocycles. The molecule has 0 aromatic rings. The molecule has 1 saturated heterocycles. The maximum absolute atomic E-state index is 6.08. The Hall–Kier alpha value is -0.0800. The van der Waals surface area contributed by atoms with Gasteiger partial charge in [0.05, 0.1) is 0 Å². The van der Waals surface area contributed by atoms with E-state index in [0.717, 1.165) is 19.6 Å². The summed E-state index contributed by atoms with van der Waals surface area (Å²) in [6.07, 6.45) is 2.31. The zero-order chi connectivity index (χ0) is 9.19. The summed E-state index contributed by atoms with van der Waals surface area (Å²) in [6.45, 7) is 8.46. The van der Waals surface area contributed by atoms with Crippen molar-refractivity contribution in [2.75, 3.05) is 13.2 Å². The lowest BCUT2D eigenvalue weighted by molar-refractivity contribution is 0.176. The van der Waals surface area contributed by atoms with Gasteiger partial charge in [-0.05, 0) is 24.2 Å². The van der Waals surface area contributed by atoms with E-state index in [4.69, 9.17) is 10.5 Å². The van der Waals surface area contributed by atoms with Gasteiger partial charge in [0.2, 0.25) is 0 Å². The van der Waals surface area contributed by atoms with Gasteiger partial charge in [-0.25, -0.2) is 0 Å². The molecule has 12 heavy (non-hydrogen) atoms. The van der Waals surface area contributed by atoms with E-state index in [1.807, 2.05) is 0 Å². The van der Waals surface area contributed by atoms with Crippen LogP contribution in [0.3, 0.4) is 0 Å². The number of hydrogen-bond acceptors (Lipinski definition) is 2. The standard InChI is InChI=1S/C10H21NO/c1-10(2,3)9(11)6-8-4-5-12-7-8/h8-9H,4-7,11H2,1-3H3. The summed E-state index contributed by atoms with van der Waals surface area (Å²) in [7, 11) is 0. The van der Waals surface area contributed by atoms with Crippen molar-refractivity contribution in [1.29, 1.82) is 0 Å². The highest BCUT2D eigenvalue weighted by Crippen LogP contribution is 2.26. The molecule has 1 rings (SSSR count). The minimum atomic E-state index is 0.239.